The molecule has 3 heteroatoms. The molecule has 1 atom stereocenters. The molecule has 16 heavy (non-hydrogen) atoms. The lowest BCUT2D eigenvalue weighted by Crippen LogP contribution is -2.23. The predicted molar refractivity (Wildman–Crippen MR) is 70.1 cm³/mol. The van der Waals surface area contributed by atoms with Crippen molar-refractivity contribution >= 4 is 17.3 Å². The van der Waals surface area contributed by atoms with Gasteiger partial charge in [0.05, 0.1) is 0 Å². The Morgan fingerprint density at radius 3 is 2.62 bits per heavy atom. The van der Waals surface area contributed by atoms with Crippen molar-refractivity contribution in [3.63, 3.8) is 0 Å². The fraction of sp³-hybridized carbons (Fsp3) is 0.538. The third kappa shape index (κ3) is 3.39. The first-order valence-electron chi connectivity index (χ1n) is 5.66. The summed E-state index contributed by atoms with van der Waals surface area (Å²) < 4.78 is 0. The van der Waals surface area contributed by atoms with Crippen LogP contribution in [0.3, 0.4) is 0 Å². The van der Waals surface area contributed by atoms with Gasteiger partial charge in [-0.05, 0) is 30.5 Å². The summed E-state index contributed by atoms with van der Waals surface area (Å²) in [4.78, 5) is 0. The standard InChI is InChI=1S/C13H20ClNO/c1-9(2)11(8-16)7-15-13-6-4-5-12(14)10(13)3/h4-6,9,11,15-16H,7-8H2,1-3H3. The van der Waals surface area contributed by atoms with Gasteiger partial charge >= 0.3 is 0 Å². The van der Waals surface area contributed by atoms with Crippen molar-refractivity contribution in [2.45, 2.75) is 20.8 Å². The van der Waals surface area contributed by atoms with Gasteiger partial charge in [0.1, 0.15) is 0 Å². The number of anilines is 1. The van der Waals surface area contributed by atoms with E-state index in [-0.39, 0.29) is 12.5 Å². The van der Waals surface area contributed by atoms with E-state index in [4.69, 9.17) is 11.6 Å². The largest absolute Gasteiger partial charge is 0.396 e. The summed E-state index contributed by atoms with van der Waals surface area (Å²) in [5, 5.41) is 13.3. The molecule has 0 bridgehead atoms. The molecule has 0 saturated heterocycles. The number of rotatable bonds is 5. The monoisotopic (exact) mass is 241 g/mol. The number of hydrogen-bond acceptors (Lipinski definition) is 2. The van der Waals surface area contributed by atoms with Crippen LogP contribution in [0.25, 0.3) is 0 Å². The van der Waals surface area contributed by atoms with Gasteiger partial charge in [-0.15, -0.1) is 0 Å². The van der Waals surface area contributed by atoms with Gasteiger partial charge in [0, 0.05) is 29.8 Å². The molecule has 0 radical (unpaired) electrons. The van der Waals surface area contributed by atoms with Gasteiger partial charge in [0.25, 0.3) is 0 Å². The summed E-state index contributed by atoms with van der Waals surface area (Å²) >= 11 is 6.04. The smallest absolute Gasteiger partial charge is 0.0478 e. The third-order valence-electron chi connectivity index (χ3n) is 3.00. The maximum Gasteiger partial charge on any atom is 0.0478 e. The summed E-state index contributed by atoms with van der Waals surface area (Å²) in [6.45, 7) is 7.22. The number of aliphatic hydroxyl groups excluding tert-OH is 1. The van der Waals surface area contributed by atoms with Crippen molar-refractivity contribution in [2.75, 3.05) is 18.5 Å². The molecule has 2 N–H and O–H groups in total. The average molecular weight is 242 g/mol. The van der Waals surface area contributed by atoms with Crippen molar-refractivity contribution in [1.82, 2.24) is 0 Å². The first kappa shape index (κ1) is 13.3. The van der Waals surface area contributed by atoms with Gasteiger partial charge in [-0.25, -0.2) is 0 Å². The normalized spacial score (nSPS) is 12.9. The summed E-state index contributed by atoms with van der Waals surface area (Å²) in [5.74, 6) is 0.746. The van der Waals surface area contributed by atoms with Crippen molar-refractivity contribution in [2.24, 2.45) is 11.8 Å². The highest BCUT2D eigenvalue weighted by atomic mass is 35.5. The van der Waals surface area contributed by atoms with E-state index in [2.05, 4.69) is 19.2 Å². The van der Waals surface area contributed by atoms with Gasteiger partial charge in [-0.1, -0.05) is 31.5 Å². The quantitative estimate of drug-likeness (QED) is 0.829. The van der Waals surface area contributed by atoms with Gasteiger partial charge < -0.3 is 10.4 Å². The minimum absolute atomic E-state index is 0.213. The van der Waals surface area contributed by atoms with Crippen molar-refractivity contribution in [1.29, 1.82) is 0 Å². The van der Waals surface area contributed by atoms with E-state index in [1.165, 1.54) is 0 Å². The van der Waals surface area contributed by atoms with E-state index in [1.54, 1.807) is 0 Å². The summed E-state index contributed by atoms with van der Waals surface area (Å²) in [6, 6.07) is 5.82. The second-order valence-electron chi connectivity index (χ2n) is 4.48. The Morgan fingerprint density at radius 2 is 2.06 bits per heavy atom. The maximum absolute atomic E-state index is 9.23. The number of hydrogen-bond donors (Lipinski definition) is 2. The van der Waals surface area contributed by atoms with E-state index >= 15 is 0 Å². The first-order chi connectivity index (χ1) is 7.56. The Hall–Kier alpha value is -0.730. The zero-order chi connectivity index (χ0) is 12.1. The van der Waals surface area contributed by atoms with Crippen LogP contribution < -0.4 is 5.32 Å². The summed E-state index contributed by atoms with van der Waals surface area (Å²) in [6.07, 6.45) is 0. The predicted octanol–water partition coefficient (Wildman–Crippen LogP) is 3.32. The molecule has 0 aromatic heterocycles. The van der Waals surface area contributed by atoms with E-state index < -0.39 is 0 Å². The fourth-order valence-corrected chi connectivity index (χ4v) is 1.73. The summed E-state index contributed by atoms with van der Waals surface area (Å²) in [5.41, 5.74) is 2.11. The SMILES string of the molecule is Cc1c(Cl)cccc1NCC(CO)C(C)C. The van der Waals surface area contributed by atoms with Gasteiger partial charge in [0.2, 0.25) is 0 Å². The highest BCUT2D eigenvalue weighted by molar-refractivity contribution is 6.31. The van der Waals surface area contributed by atoms with Gasteiger partial charge in [0.15, 0.2) is 0 Å². The Labute approximate surface area is 103 Å². The molecule has 0 heterocycles. The van der Waals surface area contributed by atoms with Crippen LogP contribution in [0.2, 0.25) is 5.02 Å². The Balaban J connectivity index is 2.64. The van der Waals surface area contributed by atoms with Crippen molar-refractivity contribution in [3.8, 4) is 0 Å². The molecule has 0 saturated carbocycles. The molecule has 0 aliphatic rings. The molecule has 0 aliphatic heterocycles. The van der Waals surface area contributed by atoms with Crippen LogP contribution in [0.4, 0.5) is 5.69 Å². The molecule has 2 nitrogen and oxygen atoms in total. The molecule has 1 unspecified atom stereocenters. The zero-order valence-electron chi connectivity index (χ0n) is 10.1. The molecule has 0 aliphatic carbocycles. The minimum Gasteiger partial charge on any atom is -0.396 e. The molecule has 1 aromatic rings. The lowest BCUT2D eigenvalue weighted by atomic mass is 9.96. The number of aliphatic hydroxyl groups is 1. The number of benzene rings is 1. The number of halogens is 1. The van der Waals surface area contributed by atoms with Crippen LogP contribution in [0.5, 0.6) is 0 Å². The van der Waals surface area contributed by atoms with E-state index in [0.717, 1.165) is 22.8 Å². The molecular formula is C13H20ClNO. The molecule has 0 amide bonds. The molecule has 0 fully saturated rings. The third-order valence-corrected chi connectivity index (χ3v) is 3.41. The summed E-state index contributed by atoms with van der Waals surface area (Å²) in [7, 11) is 0. The molecule has 1 rings (SSSR count). The fourth-order valence-electron chi connectivity index (χ4n) is 1.55. The molecule has 0 spiro atoms. The van der Waals surface area contributed by atoms with Crippen LogP contribution in [-0.4, -0.2) is 18.3 Å². The van der Waals surface area contributed by atoms with Gasteiger partial charge in [-0.3, -0.25) is 0 Å². The van der Waals surface area contributed by atoms with Crippen LogP contribution in [0.15, 0.2) is 18.2 Å². The lowest BCUT2D eigenvalue weighted by Gasteiger charge is -2.20. The zero-order valence-corrected chi connectivity index (χ0v) is 10.9. The Morgan fingerprint density at radius 1 is 1.38 bits per heavy atom. The van der Waals surface area contributed by atoms with Crippen LogP contribution >= 0.6 is 11.6 Å². The van der Waals surface area contributed by atoms with E-state index in [0.29, 0.717) is 5.92 Å². The highest BCUT2D eigenvalue weighted by Gasteiger charge is 2.12. The van der Waals surface area contributed by atoms with E-state index in [9.17, 15) is 5.11 Å². The Kier molecular flexibility index (Phi) is 5.10. The maximum atomic E-state index is 9.23. The minimum atomic E-state index is 0.213. The second kappa shape index (κ2) is 6.12. The van der Waals surface area contributed by atoms with Crippen molar-refractivity contribution < 1.29 is 5.11 Å². The van der Waals surface area contributed by atoms with Gasteiger partial charge in [-0.2, -0.15) is 0 Å². The molecule has 1 aromatic carbocycles. The Bertz CT molecular complexity index is 339. The van der Waals surface area contributed by atoms with Crippen LogP contribution in [0, 0.1) is 18.8 Å². The average Bonchev–Trinajstić information content (AvgIpc) is 2.24. The topological polar surface area (TPSA) is 32.3 Å². The molecule has 90 valence electrons. The van der Waals surface area contributed by atoms with Crippen molar-refractivity contribution in [3.05, 3.63) is 28.8 Å². The molecular weight excluding hydrogens is 222 g/mol. The van der Waals surface area contributed by atoms with Crippen LogP contribution in [0.1, 0.15) is 19.4 Å². The highest BCUT2D eigenvalue weighted by Crippen LogP contribution is 2.23. The number of nitrogens with one attached hydrogen (secondary N) is 1. The van der Waals surface area contributed by atoms with E-state index in [1.807, 2.05) is 25.1 Å². The van der Waals surface area contributed by atoms with Crippen LogP contribution in [-0.2, 0) is 0 Å². The first-order valence-corrected chi connectivity index (χ1v) is 6.04. The lowest BCUT2D eigenvalue weighted by molar-refractivity contribution is 0.198. The second-order valence-corrected chi connectivity index (χ2v) is 4.89.